The number of carbonyl (C=O) groups excluding carboxylic acids is 1. The highest BCUT2D eigenvalue weighted by atomic mass is 32.1. The number of rotatable bonds is 5. The molecular weight excluding hydrogens is 388 g/mol. The summed E-state index contributed by atoms with van der Waals surface area (Å²) < 4.78 is 2.77. The molecule has 8 heteroatoms. The Morgan fingerprint density at radius 3 is 2.72 bits per heavy atom. The lowest BCUT2D eigenvalue weighted by molar-refractivity contribution is -0.384. The maximum Gasteiger partial charge on any atom is 0.281 e. The number of hydrazone groups is 1. The van der Waals surface area contributed by atoms with Crippen molar-refractivity contribution in [1.29, 1.82) is 0 Å². The van der Waals surface area contributed by atoms with Crippen LogP contribution in [0.25, 0.3) is 15.8 Å². The lowest BCUT2D eigenvalue weighted by Crippen LogP contribution is -2.16. The molecule has 0 unspecified atom stereocenters. The Morgan fingerprint density at radius 2 is 1.97 bits per heavy atom. The van der Waals surface area contributed by atoms with E-state index in [-0.39, 0.29) is 11.6 Å². The van der Waals surface area contributed by atoms with Gasteiger partial charge in [0.15, 0.2) is 0 Å². The predicted molar refractivity (Wildman–Crippen MR) is 114 cm³/mol. The van der Waals surface area contributed by atoms with Crippen LogP contribution in [0.4, 0.5) is 5.69 Å². The Hall–Kier alpha value is -3.78. The third kappa shape index (κ3) is 3.92. The number of benzene rings is 2. The molecule has 2 aromatic carbocycles. The first-order valence-corrected chi connectivity index (χ1v) is 9.59. The Bertz CT molecular complexity index is 1240. The van der Waals surface area contributed by atoms with Crippen LogP contribution in [0.1, 0.15) is 20.9 Å². The number of nitro groups is 1. The molecule has 0 aliphatic heterocycles. The fourth-order valence-corrected chi connectivity index (χ4v) is 3.84. The van der Waals surface area contributed by atoms with Crippen LogP contribution in [0.3, 0.4) is 0 Å². The van der Waals surface area contributed by atoms with Gasteiger partial charge in [-0.3, -0.25) is 14.9 Å². The second kappa shape index (κ2) is 7.69. The van der Waals surface area contributed by atoms with Gasteiger partial charge >= 0.3 is 0 Å². The van der Waals surface area contributed by atoms with Gasteiger partial charge in [0, 0.05) is 34.1 Å². The molecule has 1 N–H and O–H groups in total. The molecule has 0 fully saturated rings. The number of nitrogens with one attached hydrogen (secondary N) is 1. The molecule has 0 bridgehead atoms. The first-order chi connectivity index (χ1) is 14.0. The largest absolute Gasteiger partial charge is 0.316 e. The zero-order valence-corrected chi connectivity index (χ0v) is 16.2. The summed E-state index contributed by atoms with van der Waals surface area (Å²) >= 11 is 1.26. The summed E-state index contributed by atoms with van der Waals surface area (Å²) in [7, 11) is 0. The normalized spacial score (nSPS) is 11.2. The van der Waals surface area contributed by atoms with E-state index in [1.807, 2.05) is 54.1 Å². The van der Waals surface area contributed by atoms with E-state index in [4.69, 9.17) is 0 Å². The van der Waals surface area contributed by atoms with Crippen molar-refractivity contribution in [2.24, 2.45) is 5.10 Å². The first-order valence-electron chi connectivity index (χ1n) is 8.77. The van der Waals surface area contributed by atoms with Crippen LogP contribution in [-0.4, -0.2) is 21.6 Å². The molecule has 0 radical (unpaired) electrons. The minimum atomic E-state index is -0.454. The molecule has 2 heterocycles. The number of fused-ring (bicyclic) bond motifs is 1. The maximum absolute atomic E-state index is 12.4. The summed E-state index contributed by atoms with van der Waals surface area (Å²) in [6.45, 7) is 2.03. The second-order valence-corrected chi connectivity index (χ2v) is 7.51. The van der Waals surface area contributed by atoms with Crippen molar-refractivity contribution >= 4 is 39.2 Å². The van der Waals surface area contributed by atoms with Crippen LogP contribution in [0, 0.1) is 17.0 Å². The van der Waals surface area contributed by atoms with Crippen molar-refractivity contribution in [3.05, 3.63) is 93.1 Å². The van der Waals surface area contributed by atoms with Crippen LogP contribution >= 0.6 is 11.3 Å². The van der Waals surface area contributed by atoms with Gasteiger partial charge in [0.05, 0.1) is 21.7 Å². The molecule has 0 aliphatic carbocycles. The van der Waals surface area contributed by atoms with Gasteiger partial charge in [-0.15, -0.1) is 11.3 Å². The minimum Gasteiger partial charge on any atom is -0.316 e. The molecule has 1 amide bonds. The van der Waals surface area contributed by atoms with Crippen LogP contribution in [0.5, 0.6) is 0 Å². The zero-order valence-electron chi connectivity index (χ0n) is 15.4. The van der Waals surface area contributed by atoms with Gasteiger partial charge in [0.2, 0.25) is 0 Å². The number of aryl methyl sites for hydroxylation is 1. The van der Waals surface area contributed by atoms with Gasteiger partial charge in [-0.25, -0.2) is 5.43 Å². The van der Waals surface area contributed by atoms with Crippen molar-refractivity contribution in [3.8, 4) is 5.69 Å². The molecule has 144 valence electrons. The smallest absolute Gasteiger partial charge is 0.281 e. The number of non-ortho nitro benzene ring substituents is 1. The van der Waals surface area contributed by atoms with Crippen molar-refractivity contribution in [2.45, 2.75) is 6.92 Å². The molecular formula is C21H16N4O3S. The summed E-state index contributed by atoms with van der Waals surface area (Å²) in [6.07, 6.45) is 3.50. The van der Waals surface area contributed by atoms with E-state index in [1.165, 1.54) is 29.0 Å². The number of hydrogen-bond donors (Lipinski definition) is 1. The standard InChI is InChI=1S/C21H16N4O3S/c1-14-4-6-16(7-5-14)24-10-2-3-18(24)13-22-23-21(26)20-12-15-11-17(25(27)28)8-9-19(15)29-20/h2-13H,1H3,(H,23,26). The molecule has 0 spiro atoms. The van der Waals surface area contributed by atoms with Crippen LogP contribution in [0.15, 0.2) is 72.0 Å². The lowest BCUT2D eigenvalue weighted by Gasteiger charge is -2.06. The number of thiophene rings is 1. The monoisotopic (exact) mass is 404 g/mol. The zero-order chi connectivity index (χ0) is 20.4. The molecule has 4 rings (SSSR count). The van der Waals surface area contributed by atoms with E-state index in [0.717, 1.165) is 16.1 Å². The van der Waals surface area contributed by atoms with Crippen LogP contribution in [0.2, 0.25) is 0 Å². The number of aromatic nitrogens is 1. The SMILES string of the molecule is Cc1ccc(-n2cccc2C=NNC(=O)c2cc3cc([N+](=O)[O-])ccc3s2)cc1. The average Bonchev–Trinajstić information content (AvgIpc) is 3.34. The second-order valence-electron chi connectivity index (χ2n) is 6.43. The molecule has 29 heavy (non-hydrogen) atoms. The molecule has 4 aromatic rings. The Labute approximate surface area is 170 Å². The Morgan fingerprint density at radius 1 is 1.17 bits per heavy atom. The molecule has 0 atom stereocenters. The summed E-state index contributed by atoms with van der Waals surface area (Å²) in [5.41, 5.74) is 5.51. The fraction of sp³-hybridized carbons (Fsp3) is 0.0476. The molecule has 0 saturated carbocycles. The number of nitro benzene ring substituents is 1. The summed E-state index contributed by atoms with van der Waals surface area (Å²) in [6, 6.07) is 18.1. The van der Waals surface area contributed by atoms with Gasteiger partial charge in [-0.2, -0.15) is 5.10 Å². The van der Waals surface area contributed by atoms with Gasteiger partial charge < -0.3 is 4.57 Å². The number of carbonyl (C=O) groups is 1. The van der Waals surface area contributed by atoms with Crippen LogP contribution < -0.4 is 5.43 Å². The van der Waals surface area contributed by atoms with Crippen LogP contribution in [-0.2, 0) is 0 Å². The summed E-state index contributed by atoms with van der Waals surface area (Å²) in [5.74, 6) is -0.362. The summed E-state index contributed by atoms with van der Waals surface area (Å²) in [5, 5.41) is 15.6. The highest BCUT2D eigenvalue weighted by molar-refractivity contribution is 7.20. The molecule has 0 aliphatic rings. The third-order valence-corrected chi connectivity index (χ3v) is 5.50. The topological polar surface area (TPSA) is 89.5 Å². The first kappa shape index (κ1) is 18.6. The molecule has 0 saturated heterocycles. The molecule has 2 aromatic heterocycles. The number of nitrogens with zero attached hydrogens (tertiary/aromatic N) is 3. The van der Waals surface area contributed by atoms with Gasteiger partial charge in [-0.1, -0.05) is 17.7 Å². The third-order valence-electron chi connectivity index (χ3n) is 4.39. The summed E-state index contributed by atoms with van der Waals surface area (Å²) in [4.78, 5) is 23.3. The quantitative estimate of drug-likeness (QED) is 0.298. The molecule has 7 nitrogen and oxygen atoms in total. The van der Waals surface area contributed by atoms with E-state index in [9.17, 15) is 14.9 Å². The number of amides is 1. The highest BCUT2D eigenvalue weighted by Gasteiger charge is 2.13. The van der Waals surface area contributed by atoms with Crippen molar-refractivity contribution < 1.29 is 9.72 Å². The van der Waals surface area contributed by atoms with Gasteiger partial charge in [-0.05, 0) is 43.3 Å². The van der Waals surface area contributed by atoms with Crippen molar-refractivity contribution in [2.75, 3.05) is 0 Å². The van der Waals surface area contributed by atoms with E-state index in [0.29, 0.717) is 10.3 Å². The van der Waals surface area contributed by atoms with Crippen molar-refractivity contribution in [1.82, 2.24) is 9.99 Å². The van der Waals surface area contributed by atoms with Gasteiger partial charge in [0.1, 0.15) is 0 Å². The lowest BCUT2D eigenvalue weighted by atomic mass is 10.2. The van der Waals surface area contributed by atoms with E-state index >= 15 is 0 Å². The Kier molecular flexibility index (Phi) is 4.92. The highest BCUT2D eigenvalue weighted by Crippen LogP contribution is 2.28. The maximum atomic E-state index is 12.4. The predicted octanol–water partition coefficient (Wildman–Crippen LogP) is 4.67. The minimum absolute atomic E-state index is 0.00264. The number of hydrogen-bond acceptors (Lipinski definition) is 5. The Balaban J connectivity index is 1.49. The average molecular weight is 404 g/mol. The van der Waals surface area contributed by atoms with Gasteiger partial charge in [0.25, 0.3) is 11.6 Å². The van der Waals surface area contributed by atoms with E-state index in [1.54, 1.807) is 18.3 Å². The fourth-order valence-electron chi connectivity index (χ4n) is 2.91. The van der Waals surface area contributed by atoms with E-state index in [2.05, 4.69) is 10.5 Å². The van der Waals surface area contributed by atoms with Crippen molar-refractivity contribution in [3.63, 3.8) is 0 Å². The van der Waals surface area contributed by atoms with E-state index < -0.39 is 4.92 Å².